The second kappa shape index (κ2) is 5.34. The van der Waals surface area contributed by atoms with Gasteiger partial charge in [0, 0.05) is 17.7 Å². The van der Waals surface area contributed by atoms with Crippen LogP contribution in [0, 0.1) is 0 Å². The van der Waals surface area contributed by atoms with Crippen LogP contribution >= 0.6 is 0 Å². The minimum Gasteiger partial charge on any atom is -0.201 e. The Morgan fingerprint density at radius 3 is 2.22 bits per heavy atom. The molecule has 1 aliphatic rings. The van der Waals surface area contributed by atoms with Crippen LogP contribution in [-0.4, -0.2) is 0 Å². The molecule has 0 bridgehead atoms. The van der Waals surface area contributed by atoms with Crippen molar-refractivity contribution in [3.05, 3.63) is 66.0 Å². The summed E-state index contributed by atoms with van der Waals surface area (Å²) in [6, 6.07) is 15.2. The Balaban J connectivity index is 1.71. The van der Waals surface area contributed by atoms with Gasteiger partial charge in [-0.15, -0.1) is 0 Å². The quantitative estimate of drug-likeness (QED) is 0.718. The maximum absolute atomic E-state index is 2.30. The molecule has 0 radical (unpaired) electrons. The Morgan fingerprint density at radius 2 is 1.56 bits per heavy atom. The van der Waals surface area contributed by atoms with Gasteiger partial charge in [0.15, 0.2) is 18.9 Å². The number of pyridine rings is 1. The first-order valence-electron chi connectivity index (χ1n) is 6.95. The number of rotatable bonds is 3. The van der Waals surface area contributed by atoms with Gasteiger partial charge in [-0.1, -0.05) is 43.2 Å². The maximum atomic E-state index is 2.30. The van der Waals surface area contributed by atoms with E-state index in [4.69, 9.17) is 0 Å². The molecule has 1 aromatic heterocycles. The number of benzene rings is 1. The third-order valence-corrected chi connectivity index (χ3v) is 3.95. The molecule has 0 aliphatic heterocycles. The molecule has 2 aromatic rings. The van der Waals surface area contributed by atoms with Crippen LogP contribution in [0.4, 0.5) is 0 Å². The Kier molecular flexibility index (Phi) is 3.40. The van der Waals surface area contributed by atoms with E-state index in [9.17, 15) is 0 Å². The fourth-order valence-corrected chi connectivity index (χ4v) is 2.90. The lowest BCUT2D eigenvalue weighted by Gasteiger charge is -2.07. The van der Waals surface area contributed by atoms with Crippen molar-refractivity contribution in [1.82, 2.24) is 0 Å². The molecule has 1 heteroatoms. The van der Waals surface area contributed by atoms with E-state index in [1.165, 1.54) is 36.8 Å². The van der Waals surface area contributed by atoms with E-state index >= 15 is 0 Å². The van der Waals surface area contributed by atoms with Gasteiger partial charge in [-0.25, -0.2) is 4.57 Å². The lowest BCUT2D eigenvalue weighted by Crippen LogP contribution is -2.33. The van der Waals surface area contributed by atoms with Crippen LogP contribution in [0.3, 0.4) is 0 Å². The summed E-state index contributed by atoms with van der Waals surface area (Å²) < 4.78 is 2.26. The summed E-state index contributed by atoms with van der Waals surface area (Å²) in [6.07, 6.45) is 10.0. The SMILES string of the molecule is c1ccc(C[n+]2ccc(C3CCCC3)cc2)cc1. The number of nitrogens with zero attached hydrogens (tertiary/aromatic N) is 1. The minimum absolute atomic E-state index is 0.816. The molecule has 0 N–H and O–H groups in total. The normalized spacial score (nSPS) is 16.0. The van der Waals surface area contributed by atoms with Gasteiger partial charge in [0.25, 0.3) is 0 Å². The van der Waals surface area contributed by atoms with Crippen molar-refractivity contribution in [2.45, 2.75) is 38.1 Å². The lowest BCUT2D eigenvalue weighted by molar-refractivity contribution is -0.688. The van der Waals surface area contributed by atoms with Gasteiger partial charge in [0.05, 0.1) is 0 Å². The van der Waals surface area contributed by atoms with Crippen LogP contribution < -0.4 is 4.57 Å². The molecule has 0 atom stereocenters. The Labute approximate surface area is 109 Å². The first kappa shape index (κ1) is 11.5. The number of hydrogen-bond donors (Lipinski definition) is 0. The first-order chi connectivity index (χ1) is 8.92. The van der Waals surface area contributed by atoms with Crippen molar-refractivity contribution < 1.29 is 4.57 Å². The molecule has 1 fully saturated rings. The molecular weight excluding hydrogens is 218 g/mol. The van der Waals surface area contributed by atoms with Crippen LogP contribution in [0.5, 0.6) is 0 Å². The van der Waals surface area contributed by atoms with E-state index in [1.807, 2.05) is 0 Å². The largest absolute Gasteiger partial charge is 0.201 e. The van der Waals surface area contributed by atoms with Crippen molar-refractivity contribution in [3.63, 3.8) is 0 Å². The standard InChI is InChI=1S/C17H20N/c1-2-6-15(7-3-1)14-18-12-10-17(11-13-18)16-8-4-5-9-16/h1-3,6-7,10-13,16H,4-5,8-9,14H2/q+1. The Hall–Kier alpha value is -1.63. The zero-order chi connectivity index (χ0) is 12.2. The van der Waals surface area contributed by atoms with E-state index in [0.717, 1.165) is 12.5 Å². The predicted octanol–water partition coefficient (Wildman–Crippen LogP) is 3.68. The molecule has 1 aliphatic carbocycles. The average molecular weight is 238 g/mol. The third kappa shape index (κ3) is 2.61. The van der Waals surface area contributed by atoms with Gasteiger partial charge in [-0.3, -0.25) is 0 Å². The predicted molar refractivity (Wildman–Crippen MR) is 73.4 cm³/mol. The molecule has 0 spiro atoms. The summed E-state index contributed by atoms with van der Waals surface area (Å²) in [5.41, 5.74) is 2.88. The van der Waals surface area contributed by atoms with Crippen molar-refractivity contribution in [1.29, 1.82) is 0 Å². The minimum atomic E-state index is 0.816. The van der Waals surface area contributed by atoms with Gasteiger partial charge >= 0.3 is 0 Å². The zero-order valence-electron chi connectivity index (χ0n) is 10.8. The van der Waals surface area contributed by atoms with Crippen molar-refractivity contribution in [3.8, 4) is 0 Å². The smallest absolute Gasteiger partial charge is 0.173 e. The summed E-state index contributed by atoms with van der Waals surface area (Å²) in [5.74, 6) is 0.816. The lowest BCUT2D eigenvalue weighted by atomic mass is 9.99. The molecule has 0 amide bonds. The van der Waals surface area contributed by atoms with Crippen LogP contribution in [0.25, 0.3) is 0 Å². The first-order valence-corrected chi connectivity index (χ1v) is 6.95. The monoisotopic (exact) mass is 238 g/mol. The van der Waals surface area contributed by atoms with E-state index < -0.39 is 0 Å². The highest BCUT2D eigenvalue weighted by atomic mass is 14.9. The summed E-state index contributed by atoms with van der Waals surface area (Å²) >= 11 is 0. The molecule has 1 heterocycles. The van der Waals surface area contributed by atoms with Crippen molar-refractivity contribution in [2.75, 3.05) is 0 Å². The van der Waals surface area contributed by atoms with Gasteiger partial charge in [-0.2, -0.15) is 0 Å². The number of hydrogen-bond acceptors (Lipinski definition) is 0. The van der Waals surface area contributed by atoms with Crippen LogP contribution in [-0.2, 0) is 6.54 Å². The van der Waals surface area contributed by atoms with E-state index in [-0.39, 0.29) is 0 Å². The molecule has 1 aromatic carbocycles. The fraction of sp³-hybridized carbons (Fsp3) is 0.353. The average Bonchev–Trinajstić information content (AvgIpc) is 2.95. The van der Waals surface area contributed by atoms with Crippen LogP contribution in [0.1, 0.15) is 42.7 Å². The van der Waals surface area contributed by atoms with Crippen LogP contribution in [0.15, 0.2) is 54.9 Å². The Bertz CT molecular complexity index is 481. The third-order valence-electron chi connectivity index (χ3n) is 3.95. The zero-order valence-corrected chi connectivity index (χ0v) is 10.8. The van der Waals surface area contributed by atoms with Gasteiger partial charge in [-0.05, 0) is 24.3 Å². The topological polar surface area (TPSA) is 3.88 Å². The summed E-state index contributed by atoms with van der Waals surface area (Å²) in [7, 11) is 0. The molecule has 0 unspecified atom stereocenters. The summed E-state index contributed by atoms with van der Waals surface area (Å²) in [6.45, 7) is 0.964. The van der Waals surface area contributed by atoms with Gasteiger partial charge in [0.1, 0.15) is 0 Å². The highest BCUT2D eigenvalue weighted by molar-refractivity contribution is 5.16. The molecule has 1 nitrogen and oxygen atoms in total. The molecule has 18 heavy (non-hydrogen) atoms. The maximum Gasteiger partial charge on any atom is 0.173 e. The highest BCUT2D eigenvalue weighted by Gasteiger charge is 2.17. The number of aromatic nitrogens is 1. The van der Waals surface area contributed by atoms with E-state index in [2.05, 4.69) is 59.4 Å². The van der Waals surface area contributed by atoms with Crippen molar-refractivity contribution in [2.24, 2.45) is 0 Å². The van der Waals surface area contributed by atoms with Crippen LogP contribution in [0.2, 0.25) is 0 Å². The molecule has 92 valence electrons. The Morgan fingerprint density at radius 1 is 0.889 bits per heavy atom. The molecular formula is C17H20N+. The second-order valence-corrected chi connectivity index (χ2v) is 5.27. The summed E-state index contributed by atoms with van der Waals surface area (Å²) in [4.78, 5) is 0. The second-order valence-electron chi connectivity index (χ2n) is 5.27. The molecule has 1 saturated carbocycles. The summed E-state index contributed by atoms with van der Waals surface area (Å²) in [5, 5.41) is 0. The molecule has 0 saturated heterocycles. The van der Waals surface area contributed by atoms with E-state index in [0.29, 0.717) is 0 Å². The van der Waals surface area contributed by atoms with Gasteiger partial charge < -0.3 is 0 Å². The van der Waals surface area contributed by atoms with Gasteiger partial charge in [0.2, 0.25) is 0 Å². The highest BCUT2D eigenvalue weighted by Crippen LogP contribution is 2.33. The van der Waals surface area contributed by atoms with Crippen molar-refractivity contribution >= 4 is 0 Å². The fourth-order valence-electron chi connectivity index (χ4n) is 2.90. The molecule has 3 rings (SSSR count). The van der Waals surface area contributed by atoms with E-state index in [1.54, 1.807) is 0 Å².